The van der Waals surface area contributed by atoms with Crippen molar-refractivity contribution in [2.75, 3.05) is 31.0 Å². The Morgan fingerprint density at radius 2 is 1.38 bits per heavy atom. The summed E-state index contributed by atoms with van der Waals surface area (Å²) in [5, 5.41) is -1.11. The van der Waals surface area contributed by atoms with Gasteiger partial charge in [-0.25, -0.2) is 9.59 Å². The van der Waals surface area contributed by atoms with Crippen molar-refractivity contribution >= 4 is 74.4 Å². The number of carbonyl (C=O) groups excluding carboxylic acids is 6. The van der Waals surface area contributed by atoms with E-state index in [1.807, 2.05) is 0 Å². The van der Waals surface area contributed by atoms with Gasteiger partial charge in [0, 0.05) is 0 Å². The lowest BCUT2D eigenvalue weighted by Crippen LogP contribution is -2.24. The van der Waals surface area contributed by atoms with Crippen LogP contribution in [0.4, 0.5) is 0 Å². The Labute approximate surface area is 187 Å². The van der Waals surface area contributed by atoms with Gasteiger partial charge in [0.2, 0.25) is 5.78 Å². The predicted octanol–water partition coefficient (Wildman–Crippen LogP) is 2.01. The van der Waals surface area contributed by atoms with Crippen LogP contribution in [-0.4, -0.2) is 71.7 Å². The summed E-state index contributed by atoms with van der Waals surface area (Å²) >= 11 is 13.3. The molecule has 1 unspecified atom stereocenters. The molecular weight excluding hydrogens is 499 g/mol. The van der Waals surface area contributed by atoms with Gasteiger partial charge in [0.1, 0.15) is 6.42 Å². The van der Waals surface area contributed by atoms with Crippen molar-refractivity contribution in [3.63, 3.8) is 0 Å². The van der Waals surface area contributed by atoms with Crippen molar-refractivity contribution in [2.24, 2.45) is 0 Å². The Balaban J connectivity index is -0.000000350. The second-order valence-corrected chi connectivity index (χ2v) is 5.92. The van der Waals surface area contributed by atoms with Gasteiger partial charge < -0.3 is 14.2 Å². The molecule has 0 fully saturated rings. The number of ketones is 3. The summed E-state index contributed by atoms with van der Waals surface area (Å²) in [4.78, 5) is 62.8. The van der Waals surface area contributed by atoms with E-state index in [1.165, 1.54) is 6.92 Å². The number of halogens is 3. The minimum atomic E-state index is -1.14. The molecule has 9 nitrogen and oxygen atoms in total. The van der Waals surface area contributed by atoms with E-state index in [1.54, 1.807) is 20.8 Å². The van der Waals surface area contributed by atoms with Gasteiger partial charge in [-0.15, -0.1) is 23.2 Å². The lowest BCUT2D eigenvalue weighted by molar-refractivity contribution is -0.152. The SMILES string of the molecule is CCOC(=O)C(=O)CBr.CCOC(=O)C(Cl)C(C)=O.CCOC(=O)CC(=O)CCl. The summed E-state index contributed by atoms with van der Waals surface area (Å²) in [7, 11) is 0. The number of Topliss-reactive ketones (excluding diaryl/α,β-unsaturated/α-hetero) is 3. The van der Waals surface area contributed by atoms with Crippen molar-refractivity contribution in [2.45, 2.75) is 39.5 Å². The zero-order valence-electron chi connectivity index (χ0n) is 16.6. The molecule has 0 aromatic heterocycles. The van der Waals surface area contributed by atoms with Crippen LogP contribution in [0, 0.1) is 0 Å². The summed E-state index contributed by atoms with van der Waals surface area (Å²) in [5.41, 5.74) is 0. The molecule has 29 heavy (non-hydrogen) atoms. The second kappa shape index (κ2) is 21.2. The number of rotatable bonds is 10. The summed E-state index contributed by atoms with van der Waals surface area (Å²) in [5.74, 6) is -3.31. The van der Waals surface area contributed by atoms with Gasteiger partial charge in [-0.3, -0.25) is 19.2 Å². The third-order valence-corrected chi connectivity index (χ3v) is 3.56. The summed E-state index contributed by atoms with van der Waals surface area (Å²) in [6, 6.07) is 0. The molecule has 0 amide bonds. The van der Waals surface area contributed by atoms with E-state index < -0.39 is 29.1 Å². The molecule has 0 bridgehead atoms. The smallest absolute Gasteiger partial charge is 0.375 e. The fraction of sp³-hybridized carbons (Fsp3) is 0.647. The second-order valence-electron chi connectivity index (χ2n) is 4.66. The number of hydrogen-bond acceptors (Lipinski definition) is 9. The molecule has 0 saturated carbocycles. The molecule has 0 aliphatic heterocycles. The largest absolute Gasteiger partial charge is 0.466 e. The molecule has 1 atom stereocenters. The minimum Gasteiger partial charge on any atom is -0.466 e. The first kappa shape index (κ1) is 32.2. The number of esters is 3. The van der Waals surface area contributed by atoms with Gasteiger partial charge in [-0.1, -0.05) is 15.9 Å². The van der Waals surface area contributed by atoms with E-state index in [-0.39, 0.29) is 42.4 Å². The van der Waals surface area contributed by atoms with Gasteiger partial charge in [-0.2, -0.15) is 0 Å². The third kappa shape index (κ3) is 21.0. The van der Waals surface area contributed by atoms with E-state index in [9.17, 15) is 28.8 Å². The van der Waals surface area contributed by atoms with Crippen LogP contribution in [0.1, 0.15) is 34.1 Å². The first-order chi connectivity index (χ1) is 13.5. The van der Waals surface area contributed by atoms with Crippen LogP contribution in [0.15, 0.2) is 0 Å². The van der Waals surface area contributed by atoms with E-state index >= 15 is 0 Å². The van der Waals surface area contributed by atoms with E-state index in [0.717, 1.165) is 0 Å². The van der Waals surface area contributed by atoms with Gasteiger partial charge >= 0.3 is 17.9 Å². The minimum absolute atomic E-state index is 0.0336. The van der Waals surface area contributed by atoms with Gasteiger partial charge in [0.05, 0.1) is 31.0 Å². The average molecular weight is 524 g/mol. The molecule has 0 aromatic carbocycles. The fourth-order valence-electron chi connectivity index (χ4n) is 1.07. The number of alkyl halides is 3. The summed E-state index contributed by atoms with van der Waals surface area (Å²) in [6.45, 7) is 7.03. The lowest BCUT2D eigenvalue weighted by atomic mass is 10.3. The zero-order valence-corrected chi connectivity index (χ0v) is 19.7. The monoisotopic (exact) mass is 522 g/mol. The Kier molecular flexibility index (Phi) is 23.5. The first-order valence-corrected chi connectivity index (χ1v) is 10.4. The molecule has 0 aromatic rings. The predicted molar refractivity (Wildman–Crippen MR) is 109 cm³/mol. The third-order valence-electron chi connectivity index (χ3n) is 2.27. The average Bonchev–Trinajstić information content (AvgIpc) is 2.67. The number of carbonyl (C=O) groups is 6. The Hall–Kier alpha value is -1.52. The maximum atomic E-state index is 10.6. The lowest BCUT2D eigenvalue weighted by Gasteiger charge is -2.03. The van der Waals surface area contributed by atoms with Crippen LogP contribution in [0.3, 0.4) is 0 Å². The maximum Gasteiger partial charge on any atom is 0.375 e. The standard InChI is InChI=1S/2C6H9ClO3.C5H7BrO3/c1-3-10-6(9)5(7)4(2)8;1-2-10-6(9)3-5(8)4-7;1-2-9-5(8)4(7)3-6/h5H,3H2,1-2H3;2-4H2,1H3;2-3H2,1H3. The topological polar surface area (TPSA) is 130 Å². The summed E-state index contributed by atoms with van der Waals surface area (Å²) < 4.78 is 13.3. The molecule has 12 heteroatoms. The maximum absolute atomic E-state index is 10.6. The van der Waals surface area contributed by atoms with Crippen molar-refractivity contribution < 1.29 is 43.0 Å². The van der Waals surface area contributed by atoms with Crippen LogP contribution in [0.2, 0.25) is 0 Å². The highest BCUT2D eigenvalue weighted by molar-refractivity contribution is 9.09. The van der Waals surface area contributed by atoms with Crippen LogP contribution >= 0.6 is 39.1 Å². The van der Waals surface area contributed by atoms with Crippen LogP contribution in [0.5, 0.6) is 0 Å². The van der Waals surface area contributed by atoms with Gasteiger partial charge in [0.15, 0.2) is 16.9 Å². The van der Waals surface area contributed by atoms with E-state index in [2.05, 4.69) is 30.1 Å². The van der Waals surface area contributed by atoms with Crippen molar-refractivity contribution in [1.29, 1.82) is 0 Å². The van der Waals surface area contributed by atoms with Crippen LogP contribution in [0.25, 0.3) is 0 Å². The Morgan fingerprint density at radius 1 is 0.897 bits per heavy atom. The highest BCUT2D eigenvalue weighted by Gasteiger charge is 2.20. The molecule has 0 aliphatic rings. The van der Waals surface area contributed by atoms with Crippen LogP contribution < -0.4 is 0 Å². The summed E-state index contributed by atoms with van der Waals surface area (Å²) in [6.07, 6.45) is -0.211. The van der Waals surface area contributed by atoms with E-state index in [0.29, 0.717) is 6.61 Å². The molecule has 168 valence electrons. The van der Waals surface area contributed by atoms with Gasteiger partial charge in [-0.05, 0) is 27.7 Å². The number of ether oxygens (including phenoxy) is 3. The molecule has 0 aliphatic carbocycles. The quantitative estimate of drug-likeness (QED) is 0.139. The molecule has 0 N–H and O–H groups in total. The molecule has 0 radical (unpaired) electrons. The highest BCUT2D eigenvalue weighted by atomic mass is 79.9. The number of hydrogen-bond donors (Lipinski definition) is 0. The van der Waals surface area contributed by atoms with Crippen molar-refractivity contribution in [3.8, 4) is 0 Å². The van der Waals surface area contributed by atoms with Crippen molar-refractivity contribution in [3.05, 3.63) is 0 Å². The molecular formula is C17H25BrCl2O9. The van der Waals surface area contributed by atoms with Crippen LogP contribution in [-0.2, 0) is 43.0 Å². The molecule has 0 rings (SSSR count). The highest BCUT2D eigenvalue weighted by Crippen LogP contribution is 1.99. The molecule has 0 saturated heterocycles. The van der Waals surface area contributed by atoms with Gasteiger partial charge in [0.25, 0.3) is 0 Å². The Morgan fingerprint density at radius 3 is 1.72 bits per heavy atom. The van der Waals surface area contributed by atoms with E-state index in [4.69, 9.17) is 23.2 Å². The first-order valence-electron chi connectivity index (χ1n) is 8.32. The fourth-order valence-corrected chi connectivity index (χ4v) is 1.45. The molecule has 0 heterocycles. The zero-order chi connectivity index (χ0) is 23.4. The molecule has 0 spiro atoms. The normalized spacial score (nSPS) is 10.0. The Bertz CT molecular complexity index is 551. The van der Waals surface area contributed by atoms with Crippen molar-refractivity contribution in [1.82, 2.24) is 0 Å².